The molecule has 2 aromatic carbocycles. The van der Waals surface area contributed by atoms with Crippen molar-refractivity contribution < 1.29 is 4.74 Å². The summed E-state index contributed by atoms with van der Waals surface area (Å²) in [6.45, 7) is 1.65. The molecule has 4 nitrogen and oxygen atoms in total. The van der Waals surface area contributed by atoms with E-state index >= 15 is 0 Å². The molecule has 3 aromatic rings. The molecule has 2 heterocycles. The summed E-state index contributed by atoms with van der Waals surface area (Å²) in [5.41, 5.74) is 3.13. The van der Waals surface area contributed by atoms with Crippen LogP contribution in [-0.2, 0) is 0 Å². The number of hydrogen-bond donors (Lipinski definition) is 0. The van der Waals surface area contributed by atoms with Gasteiger partial charge in [0, 0.05) is 25.4 Å². The zero-order valence-corrected chi connectivity index (χ0v) is 14.3. The molecule has 0 amide bonds. The predicted molar refractivity (Wildman–Crippen MR) is 99.7 cm³/mol. The highest BCUT2D eigenvalue weighted by Crippen LogP contribution is 2.33. The van der Waals surface area contributed by atoms with E-state index in [4.69, 9.17) is 10.00 Å². The summed E-state index contributed by atoms with van der Waals surface area (Å²) < 4.78 is 5.94. The molecule has 128 valence electrons. The summed E-state index contributed by atoms with van der Waals surface area (Å²) >= 11 is 0. The number of aromatic nitrogens is 1. The van der Waals surface area contributed by atoms with Crippen LogP contribution in [0, 0.1) is 11.3 Å². The number of likely N-dealkylation sites (tertiary alicyclic amines) is 1. The molecule has 1 aromatic heterocycles. The molecule has 1 fully saturated rings. The Hall–Kier alpha value is -3.16. The first-order chi connectivity index (χ1) is 12.8. The Bertz CT molecular complexity index is 860. The highest BCUT2D eigenvalue weighted by Gasteiger charge is 2.35. The Morgan fingerprint density at radius 3 is 2.15 bits per heavy atom. The second kappa shape index (κ2) is 7.38. The fraction of sp³-hybridized carbons (Fsp3) is 0.182. The van der Waals surface area contributed by atoms with Crippen molar-refractivity contribution in [1.82, 2.24) is 9.88 Å². The number of hydrogen-bond acceptors (Lipinski definition) is 4. The number of benzene rings is 2. The van der Waals surface area contributed by atoms with E-state index in [1.807, 2.05) is 12.1 Å². The third-order valence-electron chi connectivity index (χ3n) is 4.62. The summed E-state index contributed by atoms with van der Waals surface area (Å²) in [5.74, 6) is 0.518. The quantitative estimate of drug-likeness (QED) is 0.708. The molecule has 0 N–H and O–H groups in total. The average Bonchev–Trinajstić information content (AvgIpc) is 2.68. The average molecular weight is 341 g/mol. The van der Waals surface area contributed by atoms with Crippen LogP contribution >= 0.6 is 0 Å². The lowest BCUT2D eigenvalue weighted by atomic mass is 9.94. The molecule has 0 radical (unpaired) electrons. The van der Waals surface area contributed by atoms with Gasteiger partial charge in [0.25, 0.3) is 0 Å². The normalized spacial score (nSPS) is 14.6. The van der Waals surface area contributed by atoms with Crippen molar-refractivity contribution in [3.05, 3.63) is 95.7 Å². The van der Waals surface area contributed by atoms with Crippen molar-refractivity contribution in [1.29, 1.82) is 5.26 Å². The van der Waals surface area contributed by atoms with Crippen LogP contribution in [0.25, 0.3) is 0 Å². The highest BCUT2D eigenvalue weighted by molar-refractivity contribution is 5.33. The fourth-order valence-corrected chi connectivity index (χ4v) is 3.35. The highest BCUT2D eigenvalue weighted by atomic mass is 16.5. The second-order valence-electron chi connectivity index (χ2n) is 6.41. The van der Waals surface area contributed by atoms with Gasteiger partial charge in [-0.3, -0.25) is 4.90 Å². The van der Waals surface area contributed by atoms with E-state index in [0.717, 1.165) is 13.1 Å². The number of nitrogens with zero attached hydrogens (tertiary/aromatic N) is 3. The first kappa shape index (κ1) is 16.3. The maximum absolute atomic E-state index is 8.99. The molecule has 1 aliphatic heterocycles. The minimum absolute atomic E-state index is 0.0892. The van der Waals surface area contributed by atoms with Crippen molar-refractivity contribution in [2.24, 2.45) is 0 Å². The van der Waals surface area contributed by atoms with E-state index in [0.29, 0.717) is 11.4 Å². The van der Waals surface area contributed by atoms with Gasteiger partial charge in [0.05, 0.1) is 17.7 Å². The Labute approximate surface area is 153 Å². The maximum atomic E-state index is 8.99. The summed E-state index contributed by atoms with van der Waals surface area (Å²) in [5, 5.41) is 8.99. The van der Waals surface area contributed by atoms with Crippen LogP contribution in [0.5, 0.6) is 5.88 Å². The Kier molecular flexibility index (Phi) is 4.63. The summed E-state index contributed by atoms with van der Waals surface area (Å²) in [6, 6.07) is 26.8. The van der Waals surface area contributed by atoms with Crippen LogP contribution in [0.3, 0.4) is 0 Å². The third kappa shape index (κ3) is 3.44. The lowest BCUT2D eigenvalue weighted by Crippen LogP contribution is -2.55. The largest absolute Gasteiger partial charge is 0.472 e. The Morgan fingerprint density at radius 2 is 1.58 bits per heavy atom. The van der Waals surface area contributed by atoms with Crippen LogP contribution in [-0.4, -0.2) is 29.1 Å². The van der Waals surface area contributed by atoms with E-state index < -0.39 is 0 Å². The van der Waals surface area contributed by atoms with Crippen LogP contribution < -0.4 is 4.74 Å². The molecule has 0 spiro atoms. The van der Waals surface area contributed by atoms with E-state index in [2.05, 4.69) is 64.5 Å². The van der Waals surface area contributed by atoms with Crippen molar-refractivity contribution in [3.8, 4) is 11.9 Å². The summed E-state index contributed by atoms with van der Waals surface area (Å²) in [7, 11) is 0. The molecule has 0 aliphatic carbocycles. The van der Waals surface area contributed by atoms with Gasteiger partial charge in [-0.05, 0) is 17.2 Å². The van der Waals surface area contributed by atoms with Gasteiger partial charge < -0.3 is 4.74 Å². The number of ether oxygens (including phenoxy) is 1. The Balaban J connectivity index is 1.48. The van der Waals surface area contributed by atoms with Gasteiger partial charge in [-0.15, -0.1) is 0 Å². The maximum Gasteiger partial charge on any atom is 0.214 e. The smallest absolute Gasteiger partial charge is 0.214 e. The van der Waals surface area contributed by atoms with E-state index in [1.165, 1.54) is 11.1 Å². The molecular weight excluding hydrogens is 322 g/mol. The summed E-state index contributed by atoms with van der Waals surface area (Å²) in [4.78, 5) is 6.61. The predicted octanol–water partition coefficient (Wildman–Crippen LogP) is 3.81. The van der Waals surface area contributed by atoms with Gasteiger partial charge in [0.1, 0.15) is 6.10 Å². The molecule has 26 heavy (non-hydrogen) atoms. The molecular formula is C22H19N3O. The molecule has 1 saturated heterocycles. The number of pyridine rings is 1. The van der Waals surface area contributed by atoms with E-state index in [-0.39, 0.29) is 12.1 Å². The second-order valence-corrected chi connectivity index (χ2v) is 6.41. The van der Waals surface area contributed by atoms with Gasteiger partial charge >= 0.3 is 0 Å². The first-order valence-electron chi connectivity index (χ1n) is 8.70. The van der Waals surface area contributed by atoms with Gasteiger partial charge in [-0.1, -0.05) is 60.7 Å². The van der Waals surface area contributed by atoms with Gasteiger partial charge in [0.15, 0.2) is 0 Å². The van der Waals surface area contributed by atoms with Crippen molar-refractivity contribution in [3.63, 3.8) is 0 Å². The van der Waals surface area contributed by atoms with Gasteiger partial charge in [-0.2, -0.15) is 5.26 Å². The van der Waals surface area contributed by atoms with E-state index in [1.54, 1.807) is 18.3 Å². The topological polar surface area (TPSA) is 49.1 Å². The van der Waals surface area contributed by atoms with Crippen molar-refractivity contribution in [2.75, 3.05) is 13.1 Å². The molecule has 0 atom stereocenters. The zero-order chi connectivity index (χ0) is 17.8. The lowest BCUT2D eigenvalue weighted by molar-refractivity contribution is -0.00216. The Morgan fingerprint density at radius 1 is 0.962 bits per heavy atom. The minimum atomic E-state index is 0.0892. The molecule has 0 unspecified atom stereocenters. The van der Waals surface area contributed by atoms with E-state index in [9.17, 15) is 0 Å². The number of rotatable bonds is 5. The van der Waals surface area contributed by atoms with Crippen LogP contribution in [0.2, 0.25) is 0 Å². The van der Waals surface area contributed by atoms with Crippen molar-refractivity contribution in [2.45, 2.75) is 12.1 Å². The SMILES string of the molecule is N#Cc1ccnc(OC2CN(C(c3ccccc3)c3ccccc3)C2)c1. The van der Waals surface area contributed by atoms with Gasteiger partial charge in [-0.25, -0.2) is 4.98 Å². The van der Waals surface area contributed by atoms with Gasteiger partial charge in [0.2, 0.25) is 5.88 Å². The standard InChI is InChI=1S/C22H19N3O/c23-14-17-11-12-24-21(13-17)26-20-15-25(16-20)22(18-7-3-1-4-8-18)19-9-5-2-6-10-19/h1-13,20,22H,15-16H2. The van der Waals surface area contributed by atoms with Crippen LogP contribution in [0.15, 0.2) is 79.0 Å². The van der Waals surface area contributed by atoms with Crippen molar-refractivity contribution >= 4 is 0 Å². The monoisotopic (exact) mass is 341 g/mol. The third-order valence-corrected chi connectivity index (χ3v) is 4.62. The molecule has 4 heteroatoms. The molecule has 0 saturated carbocycles. The summed E-state index contributed by atoms with van der Waals surface area (Å²) in [6.07, 6.45) is 1.70. The fourth-order valence-electron chi connectivity index (χ4n) is 3.35. The minimum Gasteiger partial charge on any atom is -0.472 e. The number of nitriles is 1. The van der Waals surface area contributed by atoms with Crippen LogP contribution in [0.1, 0.15) is 22.7 Å². The molecule has 0 bridgehead atoms. The zero-order valence-electron chi connectivity index (χ0n) is 14.3. The molecule has 4 rings (SSSR count). The lowest BCUT2D eigenvalue weighted by Gasteiger charge is -2.44. The molecule has 1 aliphatic rings. The van der Waals surface area contributed by atoms with Crippen LogP contribution in [0.4, 0.5) is 0 Å². The first-order valence-corrected chi connectivity index (χ1v) is 8.70.